The number of rotatable bonds is 1. The number of fused-ring (bicyclic) bond motifs is 5. The number of hydrogen-bond donors (Lipinski definition) is 2. The Morgan fingerprint density at radius 1 is 0.739 bits per heavy atom. The van der Waals surface area contributed by atoms with E-state index in [0.717, 1.165) is 37.9 Å². The Kier molecular flexibility index (Phi) is 2.95. The fourth-order valence-electron chi connectivity index (χ4n) is 3.50. The maximum absolute atomic E-state index is 10.7. The highest BCUT2D eigenvalue weighted by Gasteiger charge is 2.15. The zero-order valence-corrected chi connectivity index (χ0v) is 13.2. The fourth-order valence-corrected chi connectivity index (χ4v) is 3.50. The number of benzene rings is 4. The van der Waals surface area contributed by atoms with Crippen LogP contribution in [-0.2, 0) is 0 Å². The first-order chi connectivity index (χ1) is 11.1. The van der Waals surface area contributed by atoms with Crippen molar-refractivity contribution >= 4 is 32.3 Å². The highest BCUT2D eigenvalue weighted by molar-refractivity contribution is 6.19. The second-order valence-corrected chi connectivity index (χ2v) is 6.39. The van der Waals surface area contributed by atoms with E-state index in [2.05, 4.69) is 38.1 Å². The van der Waals surface area contributed by atoms with Crippen molar-refractivity contribution in [1.82, 2.24) is 0 Å². The van der Waals surface area contributed by atoms with Crippen molar-refractivity contribution in [1.29, 1.82) is 0 Å². The normalized spacial score (nSPS) is 11.8. The van der Waals surface area contributed by atoms with Gasteiger partial charge >= 0.3 is 0 Å². The molecule has 4 rings (SSSR count). The van der Waals surface area contributed by atoms with Crippen LogP contribution in [0.3, 0.4) is 0 Å². The van der Waals surface area contributed by atoms with E-state index in [1.165, 1.54) is 0 Å². The van der Waals surface area contributed by atoms with Gasteiger partial charge in [0.2, 0.25) is 0 Å². The van der Waals surface area contributed by atoms with Crippen LogP contribution < -0.4 is 0 Å². The average Bonchev–Trinajstić information content (AvgIpc) is 2.53. The van der Waals surface area contributed by atoms with Gasteiger partial charge in [0.05, 0.1) is 0 Å². The van der Waals surface area contributed by atoms with E-state index in [0.29, 0.717) is 0 Å². The Hall–Kier alpha value is -2.74. The van der Waals surface area contributed by atoms with Gasteiger partial charge in [-0.2, -0.15) is 0 Å². The van der Waals surface area contributed by atoms with Gasteiger partial charge in [-0.1, -0.05) is 50.2 Å². The summed E-state index contributed by atoms with van der Waals surface area (Å²) in [5.74, 6) is 0.724. The summed E-state index contributed by atoms with van der Waals surface area (Å²) in [4.78, 5) is 0. The third-order valence-electron chi connectivity index (χ3n) is 4.57. The molecule has 2 nitrogen and oxygen atoms in total. The van der Waals surface area contributed by atoms with Crippen LogP contribution in [-0.4, -0.2) is 10.2 Å². The summed E-state index contributed by atoms with van der Waals surface area (Å²) in [6.45, 7) is 4.14. The van der Waals surface area contributed by atoms with Crippen LogP contribution in [0.5, 0.6) is 11.5 Å². The molecule has 114 valence electrons. The summed E-state index contributed by atoms with van der Waals surface area (Å²) < 4.78 is 0. The van der Waals surface area contributed by atoms with Crippen molar-refractivity contribution in [2.75, 3.05) is 0 Å². The van der Waals surface area contributed by atoms with Crippen LogP contribution in [0.2, 0.25) is 0 Å². The zero-order chi connectivity index (χ0) is 16.1. The van der Waals surface area contributed by atoms with E-state index in [1.807, 2.05) is 18.2 Å². The molecule has 0 heterocycles. The van der Waals surface area contributed by atoms with Gasteiger partial charge in [-0.15, -0.1) is 0 Å². The Balaban J connectivity index is 2.28. The molecular weight excluding hydrogens is 284 g/mol. The molecule has 0 aliphatic carbocycles. The van der Waals surface area contributed by atoms with Gasteiger partial charge in [-0.05, 0) is 56.6 Å². The molecular formula is C21H18O2. The van der Waals surface area contributed by atoms with Gasteiger partial charge in [-0.3, -0.25) is 0 Å². The van der Waals surface area contributed by atoms with E-state index in [9.17, 15) is 10.2 Å². The molecule has 0 amide bonds. The number of phenolic OH excluding ortho intramolecular Hbond substituents is 2. The van der Waals surface area contributed by atoms with Gasteiger partial charge < -0.3 is 10.2 Å². The minimum atomic E-state index is 0.216. The smallest absolute Gasteiger partial charge is 0.124 e. The predicted octanol–water partition coefficient (Wildman–Crippen LogP) is 5.68. The predicted molar refractivity (Wildman–Crippen MR) is 96.4 cm³/mol. The summed E-state index contributed by atoms with van der Waals surface area (Å²) in [5, 5.41) is 26.8. The quantitative estimate of drug-likeness (QED) is 0.444. The molecule has 0 bridgehead atoms. The molecule has 0 radical (unpaired) electrons. The van der Waals surface area contributed by atoms with Crippen molar-refractivity contribution < 1.29 is 10.2 Å². The SMILES string of the molecule is CC(C)c1cc(O)cc2c1c(O)cc1c3ccccc3ccc21. The second-order valence-electron chi connectivity index (χ2n) is 6.39. The molecule has 2 heteroatoms. The first kappa shape index (κ1) is 13.9. The maximum Gasteiger partial charge on any atom is 0.124 e. The van der Waals surface area contributed by atoms with Crippen LogP contribution in [0.1, 0.15) is 25.3 Å². The highest BCUT2D eigenvalue weighted by Crippen LogP contribution is 2.41. The Morgan fingerprint density at radius 2 is 1.52 bits per heavy atom. The van der Waals surface area contributed by atoms with E-state index in [4.69, 9.17) is 0 Å². The van der Waals surface area contributed by atoms with Crippen LogP contribution in [0.25, 0.3) is 32.3 Å². The monoisotopic (exact) mass is 302 g/mol. The van der Waals surface area contributed by atoms with E-state index < -0.39 is 0 Å². The Labute approximate surface area is 134 Å². The molecule has 2 N–H and O–H groups in total. The first-order valence-electron chi connectivity index (χ1n) is 7.86. The van der Waals surface area contributed by atoms with Gasteiger partial charge in [0, 0.05) is 5.39 Å². The molecule has 0 unspecified atom stereocenters. The minimum Gasteiger partial charge on any atom is -0.508 e. The lowest BCUT2D eigenvalue weighted by Gasteiger charge is -2.15. The molecule has 0 aliphatic heterocycles. The molecule has 0 spiro atoms. The molecule has 23 heavy (non-hydrogen) atoms. The van der Waals surface area contributed by atoms with Crippen LogP contribution in [0, 0.1) is 0 Å². The molecule has 0 atom stereocenters. The van der Waals surface area contributed by atoms with Gasteiger partial charge in [0.15, 0.2) is 0 Å². The van der Waals surface area contributed by atoms with Crippen molar-refractivity contribution in [3.8, 4) is 11.5 Å². The summed E-state index contributed by atoms with van der Waals surface area (Å²) >= 11 is 0. The van der Waals surface area contributed by atoms with Crippen LogP contribution in [0.4, 0.5) is 0 Å². The van der Waals surface area contributed by atoms with Crippen molar-refractivity contribution in [2.24, 2.45) is 0 Å². The third kappa shape index (κ3) is 2.02. The van der Waals surface area contributed by atoms with Crippen LogP contribution >= 0.6 is 0 Å². The van der Waals surface area contributed by atoms with Crippen molar-refractivity contribution in [3.05, 3.63) is 60.2 Å². The van der Waals surface area contributed by atoms with Crippen molar-refractivity contribution in [3.63, 3.8) is 0 Å². The van der Waals surface area contributed by atoms with E-state index in [-0.39, 0.29) is 17.4 Å². The molecule has 4 aromatic rings. The molecule has 0 fully saturated rings. The summed E-state index contributed by atoms with van der Waals surface area (Å²) in [6.07, 6.45) is 0. The fraction of sp³-hybridized carbons (Fsp3) is 0.143. The summed E-state index contributed by atoms with van der Waals surface area (Å²) in [5.41, 5.74) is 0.965. The van der Waals surface area contributed by atoms with Gasteiger partial charge in [0.1, 0.15) is 11.5 Å². The van der Waals surface area contributed by atoms with E-state index in [1.54, 1.807) is 12.1 Å². The Bertz CT molecular complexity index is 1060. The largest absolute Gasteiger partial charge is 0.508 e. The molecule has 0 aromatic heterocycles. The lowest BCUT2D eigenvalue weighted by Crippen LogP contribution is -1.91. The Morgan fingerprint density at radius 3 is 2.30 bits per heavy atom. The number of hydrogen-bond acceptors (Lipinski definition) is 2. The lowest BCUT2D eigenvalue weighted by molar-refractivity contribution is 0.473. The lowest BCUT2D eigenvalue weighted by atomic mass is 9.90. The minimum absolute atomic E-state index is 0.216. The average molecular weight is 302 g/mol. The zero-order valence-electron chi connectivity index (χ0n) is 13.2. The number of aromatic hydroxyl groups is 2. The standard InChI is InChI=1S/C21H18O2/c1-12(2)17-9-14(22)10-19-16-8-7-13-5-3-4-6-15(13)18(16)11-20(23)21(17)19/h3-12,22-23H,1-2H3. The summed E-state index contributed by atoms with van der Waals surface area (Å²) in [6, 6.07) is 17.7. The molecule has 0 saturated heterocycles. The van der Waals surface area contributed by atoms with Crippen LogP contribution in [0.15, 0.2) is 54.6 Å². The first-order valence-corrected chi connectivity index (χ1v) is 7.86. The van der Waals surface area contributed by atoms with Gasteiger partial charge in [0.25, 0.3) is 0 Å². The molecule has 0 saturated carbocycles. The highest BCUT2D eigenvalue weighted by atomic mass is 16.3. The topological polar surface area (TPSA) is 40.5 Å². The van der Waals surface area contributed by atoms with E-state index >= 15 is 0 Å². The summed E-state index contributed by atoms with van der Waals surface area (Å²) in [7, 11) is 0. The van der Waals surface area contributed by atoms with Crippen molar-refractivity contribution in [2.45, 2.75) is 19.8 Å². The maximum atomic E-state index is 10.7. The number of phenols is 2. The van der Waals surface area contributed by atoms with Gasteiger partial charge in [-0.25, -0.2) is 0 Å². The molecule has 0 aliphatic rings. The molecule has 4 aromatic carbocycles. The third-order valence-corrected chi connectivity index (χ3v) is 4.57. The second kappa shape index (κ2) is 4.88.